The summed E-state index contributed by atoms with van der Waals surface area (Å²) in [5, 5.41) is 6.64. The average Bonchev–Trinajstić information content (AvgIpc) is 2.63. The molecule has 0 bridgehead atoms. The largest absolute Gasteiger partial charge is 0.339 e. The molecule has 0 atom stereocenters. The molecule has 0 radical (unpaired) electrons. The smallest absolute Gasteiger partial charge is 0.229 e. The number of carbonyl (C=O) groups excluding carboxylic acids is 1. The van der Waals surface area contributed by atoms with Crippen LogP contribution in [0.25, 0.3) is 0 Å². The second-order valence-corrected chi connectivity index (χ2v) is 7.49. The first-order chi connectivity index (χ1) is 13.5. The molecular weight excluding hydrogens is 348 g/mol. The van der Waals surface area contributed by atoms with Crippen molar-refractivity contribution in [3.63, 3.8) is 0 Å². The number of hydrogen-bond acceptors (Lipinski definition) is 5. The molecule has 5 heteroatoms. The summed E-state index contributed by atoms with van der Waals surface area (Å²) < 4.78 is 0. The second-order valence-electron chi connectivity index (χ2n) is 7.49. The SMILES string of the molecule is Cc1ccc(Nc2nc3c(c(Nc4cc(C)cc(C)c4)n2)C(=O)CCC3)cc1. The van der Waals surface area contributed by atoms with Crippen LogP contribution in [0.1, 0.15) is 45.6 Å². The standard InChI is InChI=1S/C23H24N4O/c1-14-7-9-17(10-8-14)25-23-26-19-5-4-6-20(28)21(19)22(27-23)24-18-12-15(2)11-16(3)13-18/h7-13H,4-6H2,1-3H3,(H2,24,25,26,27). The Bertz CT molecular complexity index is 1020. The lowest BCUT2D eigenvalue weighted by Gasteiger charge is -2.19. The van der Waals surface area contributed by atoms with E-state index < -0.39 is 0 Å². The van der Waals surface area contributed by atoms with Crippen LogP contribution in [-0.4, -0.2) is 15.8 Å². The van der Waals surface area contributed by atoms with E-state index >= 15 is 0 Å². The summed E-state index contributed by atoms with van der Waals surface area (Å²) in [7, 11) is 0. The number of benzene rings is 2. The van der Waals surface area contributed by atoms with Crippen molar-refractivity contribution in [1.82, 2.24) is 9.97 Å². The van der Waals surface area contributed by atoms with E-state index in [9.17, 15) is 4.79 Å². The highest BCUT2D eigenvalue weighted by Crippen LogP contribution is 2.30. The zero-order chi connectivity index (χ0) is 19.7. The number of nitrogens with one attached hydrogen (secondary N) is 2. The number of anilines is 4. The van der Waals surface area contributed by atoms with Crippen LogP contribution in [-0.2, 0) is 6.42 Å². The van der Waals surface area contributed by atoms with Gasteiger partial charge in [-0.2, -0.15) is 4.98 Å². The van der Waals surface area contributed by atoms with Crippen molar-refractivity contribution < 1.29 is 4.79 Å². The topological polar surface area (TPSA) is 66.9 Å². The van der Waals surface area contributed by atoms with E-state index in [2.05, 4.69) is 59.6 Å². The molecule has 2 N–H and O–H groups in total. The number of aryl methyl sites for hydroxylation is 4. The van der Waals surface area contributed by atoms with Gasteiger partial charge in [0.25, 0.3) is 0 Å². The number of hydrogen-bond donors (Lipinski definition) is 2. The molecule has 0 fully saturated rings. The number of nitrogens with zero attached hydrogens (tertiary/aromatic N) is 2. The van der Waals surface area contributed by atoms with Crippen LogP contribution in [0.4, 0.5) is 23.1 Å². The van der Waals surface area contributed by atoms with Gasteiger partial charge in [-0.1, -0.05) is 23.8 Å². The van der Waals surface area contributed by atoms with E-state index in [-0.39, 0.29) is 5.78 Å². The number of ketones is 1. The highest BCUT2D eigenvalue weighted by molar-refractivity contribution is 6.03. The molecule has 1 aliphatic carbocycles. The Balaban J connectivity index is 1.74. The maximum absolute atomic E-state index is 12.6. The summed E-state index contributed by atoms with van der Waals surface area (Å²) in [5.74, 6) is 1.19. The molecule has 28 heavy (non-hydrogen) atoms. The first-order valence-electron chi connectivity index (χ1n) is 9.61. The van der Waals surface area contributed by atoms with E-state index in [0.717, 1.165) is 41.0 Å². The van der Waals surface area contributed by atoms with E-state index in [1.807, 2.05) is 24.3 Å². The van der Waals surface area contributed by atoms with E-state index in [1.165, 1.54) is 5.56 Å². The fourth-order valence-electron chi connectivity index (χ4n) is 3.62. The third kappa shape index (κ3) is 3.88. The Hall–Kier alpha value is -3.21. The molecule has 0 aliphatic heterocycles. The summed E-state index contributed by atoms with van der Waals surface area (Å²) in [6.07, 6.45) is 2.16. The molecule has 0 unspecified atom stereocenters. The molecular formula is C23H24N4O. The normalized spacial score (nSPS) is 13.2. The minimum atomic E-state index is 0.106. The van der Waals surface area contributed by atoms with Gasteiger partial charge in [0.15, 0.2) is 5.78 Å². The van der Waals surface area contributed by atoms with Crippen molar-refractivity contribution in [1.29, 1.82) is 0 Å². The first kappa shape index (κ1) is 18.2. The molecule has 0 amide bonds. The fourth-order valence-corrected chi connectivity index (χ4v) is 3.62. The Morgan fingerprint density at radius 3 is 2.21 bits per heavy atom. The van der Waals surface area contributed by atoms with Crippen LogP contribution in [0.2, 0.25) is 0 Å². The monoisotopic (exact) mass is 372 g/mol. The second kappa shape index (κ2) is 7.43. The van der Waals surface area contributed by atoms with Gasteiger partial charge in [-0.3, -0.25) is 4.79 Å². The summed E-state index contributed by atoms with van der Waals surface area (Å²) >= 11 is 0. The minimum Gasteiger partial charge on any atom is -0.339 e. The van der Waals surface area contributed by atoms with Gasteiger partial charge < -0.3 is 10.6 Å². The molecule has 1 aromatic heterocycles. The van der Waals surface area contributed by atoms with E-state index in [1.54, 1.807) is 0 Å². The maximum atomic E-state index is 12.6. The Morgan fingerprint density at radius 2 is 1.50 bits per heavy atom. The van der Waals surface area contributed by atoms with Gasteiger partial charge in [-0.25, -0.2) is 4.98 Å². The Kier molecular flexibility index (Phi) is 4.82. The van der Waals surface area contributed by atoms with Crippen molar-refractivity contribution in [2.45, 2.75) is 40.0 Å². The van der Waals surface area contributed by atoms with Crippen molar-refractivity contribution >= 4 is 28.9 Å². The van der Waals surface area contributed by atoms with Gasteiger partial charge >= 0.3 is 0 Å². The van der Waals surface area contributed by atoms with Crippen molar-refractivity contribution in [3.05, 3.63) is 70.4 Å². The minimum absolute atomic E-state index is 0.106. The molecule has 1 aliphatic rings. The lowest BCUT2D eigenvalue weighted by Crippen LogP contribution is -2.18. The molecule has 142 valence electrons. The van der Waals surface area contributed by atoms with Crippen LogP contribution < -0.4 is 10.6 Å². The lowest BCUT2D eigenvalue weighted by atomic mass is 9.95. The Labute approximate surface area is 165 Å². The molecule has 0 saturated carbocycles. The van der Waals surface area contributed by atoms with Gasteiger partial charge in [0.2, 0.25) is 5.95 Å². The van der Waals surface area contributed by atoms with Gasteiger partial charge in [0, 0.05) is 17.8 Å². The Morgan fingerprint density at radius 1 is 0.786 bits per heavy atom. The predicted octanol–water partition coefficient (Wildman–Crippen LogP) is 5.41. The predicted molar refractivity (Wildman–Crippen MR) is 113 cm³/mol. The van der Waals surface area contributed by atoms with Crippen LogP contribution >= 0.6 is 0 Å². The van der Waals surface area contributed by atoms with E-state index in [0.29, 0.717) is 23.8 Å². The van der Waals surface area contributed by atoms with Gasteiger partial charge in [0.05, 0.1) is 11.3 Å². The van der Waals surface area contributed by atoms with E-state index in [4.69, 9.17) is 0 Å². The first-order valence-corrected chi connectivity index (χ1v) is 9.61. The molecule has 0 saturated heterocycles. The number of rotatable bonds is 4. The van der Waals surface area contributed by atoms with Crippen LogP contribution in [0.15, 0.2) is 42.5 Å². The molecule has 2 aromatic carbocycles. The van der Waals surface area contributed by atoms with Gasteiger partial charge in [-0.15, -0.1) is 0 Å². The molecule has 4 rings (SSSR count). The number of aromatic nitrogens is 2. The number of carbonyl (C=O) groups is 1. The zero-order valence-electron chi connectivity index (χ0n) is 16.5. The zero-order valence-corrected chi connectivity index (χ0v) is 16.5. The van der Waals surface area contributed by atoms with Gasteiger partial charge in [-0.05, 0) is 69.0 Å². The van der Waals surface area contributed by atoms with Crippen LogP contribution in [0.5, 0.6) is 0 Å². The molecule has 1 heterocycles. The molecule has 3 aromatic rings. The third-order valence-corrected chi connectivity index (χ3v) is 4.87. The summed E-state index contributed by atoms with van der Waals surface area (Å²) in [6.45, 7) is 6.17. The third-order valence-electron chi connectivity index (χ3n) is 4.87. The van der Waals surface area contributed by atoms with Crippen LogP contribution in [0.3, 0.4) is 0 Å². The van der Waals surface area contributed by atoms with Gasteiger partial charge in [0.1, 0.15) is 5.82 Å². The van der Waals surface area contributed by atoms with Crippen molar-refractivity contribution in [2.24, 2.45) is 0 Å². The van der Waals surface area contributed by atoms with Crippen molar-refractivity contribution in [3.8, 4) is 0 Å². The highest BCUT2D eigenvalue weighted by atomic mass is 16.1. The molecule has 0 spiro atoms. The fraction of sp³-hybridized carbons (Fsp3) is 0.261. The maximum Gasteiger partial charge on any atom is 0.229 e. The lowest BCUT2D eigenvalue weighted by molar-refractivity contribution is 0.0972. The summed E-state index contributed by atoms with van der Waals surface area (Å²) in [4.78, 5) is 21.9. The summed E-state index contributed by atoms with van der Waals surface area (Å²) in [5.41, 5.74) is 6.81. The number of Topliss-reactive ketones (excluding diaryl/α,β-unsaturated/α-hetero) is 1. The quantitative estimate of drug-likeness (QED) is 0.641. The average molecular weight is 372 g/mol. The van der Waals surface area contributed by atoms with Crippen LogP contribution in [0, 0.1) is 20.8 Å². The van der Waals surface area contributed by atoms with Crippen molar-refractivity contribution in [2.75, 3.05) is 10.6 Å². The number of fused-ring (bicyclic) bond motifs is 1. The highest BCUT2D eigenvalue weighted by Gasteiger charge is 2.24. The summed E-state index contributed by atoms with van der Waals surface area (Å²) in [6, 6.07) is 14.3. The molecule has 5 nitrogen and oxygen atoms in total.